The number of methoxy groups -OCH3 is 1. The van der Waals surface area contributed by atoms with Gasteiger partial charge in [-0.25, -0.2) is 19.6 Å². The van der Waals surface area contributed by atoms with Crippen LogP contribution in [0.2, 0.25) is 5.15 Å². The number of carbonyl (C=O) groups excluding carboxylic acids is 3. The monoisotopic (exact) mass is 686 g/mol. The summed E-state index contributed by atoms with van der Waals surface area (Å²) >= 11 is 6.50. The van der Waals surface area contributed by atoms with Crippen LogP contribution in [0.4, 0.5) is 4.79 Å². The molecule has 0 radical (unpaired) electrons. The average molecular weight is 687 g/mol. The van der Waals surface area contributed by atoms with E-state index in [-0.39, 0.29) is 23.5 Å². The van der Waals surface area contributed by atoms with E-state index in [4.69, 9.17) is 30.5 Å². The van der Waals surface area contributed by atoms with Gasteiger partial charge >= 0.3 is 12.1 Å². The first-order valence-electron chi connectivity index (χ1n) is 16.7. The smallest absolute Gasteiger partial charge is 0.408 e. The molecule has 1 aromatic heterocycles. The van der Waals surface area contributed by atoms with Gasteiger partial charge in [-0.1, -0.05) is 52.3 Å². The molecule has 264 valence electrons. The first-order chi connectivity index (χ1) is 22.4. The number of likely N-dealkylation sites (tertiary alicyclic amines) is 1. The van der Waals surface area contributed by atoms with E-state index in [2.05, 4.69) is 21.9 Å². The Hall–Kier alpha value is -3.60. The van der Waals surface area contributed by atoms with Crippen LogP contribution in [-0.2, 0) is 19.1 Å². The molecule has 4 rings (SSSR count). The fourth-order valence-corrected chi connectivity index (χ4v) is 6.56. The highest BCUT2D eigenvalue weighted by Crippen LogP contribution is 2.52. The molecule has 1 aliphatic carbocycles. The van der Waals surface area contributed by atoms with Crippen molar-refractivity contribution >= 4 is 40.6 Å². The van der Waals surface area contributed by atoms with Crippen molar-refractivity contribution in [2.75, 3.05) is 13.7 Å². The molecule has 2 aromatic rings. The van der Waals surface area contributed by atoms with Gasteiger partial charge in [-0.2, -0.15) is 0 Å². The first kappa shape index (κ1) is 37.2. The Morgan fingerprint density at radius 1 is 1.17 bits per heavy atom. The number of aromatic nitrogens is 2. The van der Waals surface area contributed by atoms with Gasteiger partial charge in [-0.15, -0.1) is 6.58 Å². The summed E-state index contributed by atoms with van der Waals surface area (Å²) in [5.41, 5.74) is -1.00. The number of benzene rings is 1. The molecule has 48 heavy (non-hydrogen) atoms. The molecular formula is C36H51ClN4O7. The lowest BCUT2D eigenvalue weighted by atomic mass is 9.85. The first-order valence-corrected chi connectivity index (χ1v) is 17.1. The molecule has 1 aromatic carbocycles. The number of ether oxygens (including phenoxy) is 4. The SMILES string of the molecule is C=CCCCC1CC1(CC)OC(=O)N[C@H](C(=O)N1C[C@H](Oc2nc3cc(OC)ccc3nc2Cl)[C@@H](C)[C@H]1C(=O)OC(C)(C)C)C(C)(C)C. The van der Waals surface area contributed by atoms with Crippen molar-refractivity contribution in [2.24, 2.45) is 17.3 Å². The van der Waals surface area contributed by atoms with E-state index in [0.717, 1.165) is 25.7 Å². The Morgan fingerprint density at radius 2 is 1.88 bits per heavy atom. The van der Waals surface area contributed by atoms with E-state index in [1.165, 1.54) is 4.90 Å². The zero-order valence-corrected chi connectivity index (χ0v) is 30.5. The fraction of sp³-hybridized carbons (Fsp3) is 0.639. The van der Waals surface area contributed by atoms with E-state index in [0.29, 0.717) is 23.2 Å². The normalized spacial score (nSPS) is 24.5. The molecule has 2 fully saturated rings. The third kappa shape index (κ3) is 8.51. The predicted octanol–water partition coefficient (Wildman–Crippen LogP) is 6.89. The van der Waals surface area contributed by atoms with Gasteiger partial charge in [-0.3, -0.25) is 4.79 Å². The van der Waals surface area contributed by atoms with Crippen LogP contribution >= 0.6 is 11.6 Å². The number of fused-ring (bicyclic) bond motifs is 1. The molecule has 6 atom stereocenters. The number of halogens is 1. The number of nitrogens with one attached hydrogen (secondary N) is 1. The van der Waals surface area contributed by atoms with Crippen molar-refractivity contribution in [2.45, 2.75) is 117 Å². The van der Waals surface area contributed by atoms with Gasteiger partial charge in [0.05, 0.1) is 24.7 Å². The number of hydrogen-bond donors (Lipinski definition) is 1. The maximum Gasteiger partial charge on any atom is 0.408 e. The number of nitrogens with zero attached hydrogens (tertiary/aromatic N) is 3. The van der Waals surface area contributed by atoms with Crippen LogP contribution in [0.1, 0.15) is 87.5 Å². The summed E-state index contributed by atoms with van der Waals surface area (Å²) < 4.78 is 23.4. The van der Waals surface area contributed by atoms with Gasteiger partial charge in [-0.05, 0) is 70.4 Å². The fourth-order valence-electron chi connectivity index (χ4n) is 6.39. The van der Waals surface area contributed by atoms with Crippen molar-refractivity contribution in [1.82, 2.24) is 20.2 Å². The van der Waals surface area contributed by atoms with Crippen molar-refractivity contribution < 1.29 is 33.3 Å². The molecule has 1 N–H and O–H groups in total. The second kappa shape index (κ2) is 14.5. The lowest BCUT2D eigenvalue weighted by Crippen LogP contribution is -2.58. The minimum Gasteiger partial charge on any atom is -0.497 e. The Bertz CT molecular complexity index is 1520. The molecule has 12 heteroatoms. The van der Waals surface area contributed by atoms with E-state index in [9.17, 15) is 14.4 Å². The molecule has 2 amide bonds. The third-order valence-electron chi connectivity index (χ3n) is 9.20. The summed E-state index contributed by atoms with van der Waals surface area (Å²) in [7, 11) is 1.56. The van der Waals surface area contributed by atoms with Crippen molar-refractivity contribution in [3.8, 4) is 11.6 Å². The molecule has 1 saturated heterocycles. The topological polar surface area (TPSA) is 129 Å². The second-order valence-corrected chi connectivity index (χ2v) is 15.4. The van der Waals surface area contributed by atoms with E-state index < -0.39 is 58.7 Å². The van der Waals surface area contributed by atoms with Crippen molar-refractivity contribution in [3.05, 3.63) is 36.0 Å². The number of esters is 1. The van der Waals surface area contributed by atoms with Gasteiger partial charge in [0.25, 0.3) is 5.88 Å². The number of hydrogen-bond acceptors (Lipinski definition) is 9. The van der Waals surface area contributed by atoms with Crippen LogP contribution in [0.15, 0.2) is 30.9 Å². The summed E-state index contributed by atoms with van der Waals surface area (Å²) in [5.74, 6) is -0.612. The number of amides is 2. The van der Waals surface area contributed by atoms with Gasteiger partial charge in [0.1, 0.15) is 35.1 Å². The van der Waals surface area contributed by atoms with E-state index in [1.54, 1.807) is 46.1 Å². The molecular weight excluding hydrogens is 636 g/mol. The summed E-state index contributed by atoms with van der Waals surface area (Å²) in [6, 6.07) is 3.20. The lowest BCUT2D eigenvalue weighted by Gasteiger charge is -2.36. The van der Waals surface area contributed by atoms with Crippen LogP contribution in [0.5, 0.6) is 11.6 Å². The Morgan fingerprint density at radius 3 is 2.48 bits per heavy atom. The number of unbranched alkanes of at least 4 members (excludes halogenated alkanes) is 1. The molecule has 2 heterocycles. The highest BCUT2D eigenvalue weighted by molar-refractivity contribution is 6.31. The highest BCUT2D eigenvalue weighted by Gasteiger charge is 2.56. The Labute approximate surface area is 289 Å². The van der Waals surface area contributed by atoms with Crippen LogP contribution in [0, 0.1) is 17.3 Å². The van der Waals surface area contributed by atoms with Crippen molar-refractivity contribution in [1.29, 1.82) is 0 Å². The summed E-state index contributed by atoms with van der Waals surface area (Å²) in [6.07, 6.45) is 4.86. The third-order valence-corrected chi connectivity index (χ3v) is 9.44. The van der Waals surface area contributed by atoms with Gasteiger partial charge in [0.15, 0.2) is 5.15 Å². The summed E-state index contributed by atoms with van der Waals surface area (Å²) in [5, 5.41) is 2.91. The van der Waals surface area contributed by atoms with Crippen LogP contribution in [0.3, 0.4) is 0 Å². The molecule has 1 saturated carbocycles. The van der Waals surface area contributed by atoms with E-state index >= 15 is 0 Å². The lowest BCUT2D eigenvalue weighted by molar-refractivity contribution is -0.165. The van der Waals surface area contributed by atoms with E-state index in [1.807, 2.05) is 40.7 Å². The largest absolute Gasteiger partial charge is 0.497 e. The van der Waals surface area contributed by atoms with Gasteiger partial charge in [0.2, 0.25) is 5.91 Å². The molecule has 2 unspecified atom stereocenters. The standard InChI is InChI=1S/C36H51ClN4O7/c1-11-13-14-15-22-19-36(22,12-2)48-33(44)40-28(34(4,5)6)31(42)41-20-26(21(3)27(41)32(43)47-35(7,8)9)46-30-29(37)38-24-17-16-23(45-10)18-25(24)39-30/h11,16-18,21-22,26-28H,1,12-15,19-20H2,2-10H3,(H,40,44)/t21-,22?,26+,27+,28-,36?/m1/s1. The van der Waals surface area contributed by atoms with Crippen LogP contribution in [0.25, 0.3) is 11.0 Å². The number of alkyl carbamates (subject to hydrolysis) is 1. The van der Waals surface area contributed by atoms with Crippen LogP contribution in [-0.4, -0.2) is 75.9 Å². The van der Waals surface area contributed by atoms with Crippen molar-refractivity contribution in [3.63, 3.8) is 0 Å². The minimum atomic E-state index is -1.01. The molecule has 0 bridgehead atoms. The van der Waals surface area contributed by atoms with Gasteiger partial charge in [0, 0.05) is 17.9 Å². The zero-order chi connectivity index (χ0) is 35.6. The summed E-state index contributed by atoms with van der Waals surface area (Å²) in [4.78, 5) is 52.0. The Kier molecular flexibility index (Phi) is 11.2. The number of allylic oxidation sites excluding steroid dienone is 1. The molecule has 2 aliphatic rings. The minimum absolute atomic E-state index is 0.0195. The average Bonchev–Trinajstić information content (AvgIpc) is 3.58. The van der Waals surface area contributed by atoms with Gasteiger partial charge < -0.3 is 29.2 Å². The number of rotatable bonds is 12. The molecule has 11 nitrogen and oxygen atoms in total. The predicted molar refractivity (Wildman–Crippen MR) is 184 cm³/mol. The Balaban J connectivity index is 1.59. The molecule has 1 aliphatic heterocycles. The highest BCUT2D eigenvalue weighted by atomic mass is 35.5. The maximum atomic E-state index is 14.5. The molecule has 0 spiro atoms. The number of carbonyl (C=O) groups is 3. The summed E-state index contributed by atoms with van der Waals surface area (Å²) in [6.45, 7) is 18.5. The zero-order valence-electron chi connectivity index (χ0n) is 29.7. The quantitative estimate of drug-likeness (QED) is 0.144. The second-order valence-electron chi connectivity index (χ2n) is 15.0. The maximum absolute atomic E-state index is 14.5. The van der Waals surface area contributed by atoms with Crippen LogP contribution < -0.4 is 14.8 Å².